The molecule has 6 nitrogen and oxygen atoms in total. The number of ether oxygens (including phenoxy) is 1. The van der Waals surface area contributed by atoms with Crippen LogP contribution in [0.3, 0.4) is 0 Å². The highest BCUT2D eigenvalue weighted by Gasteiger charge is 2.18. The maximum absolute atomic E-state index is 12.4. The van der Waals surface area contributed by atoms with Crippen molar-refractivity contribution in [2.24, 2.45) is 0 Å². The lowest BCUT2D eigenvalue weighted by Crippen LogP contribution is -2.11. The Hall–Kier alpha value is -2.71. The third-order valence-corrected chi connectivity index (χ3v) is 5.38. The molecule has 0 radical (unpaired) electrons. The van der Waals surface area contributed by atoms with E-state index < -0.39 is 0 Å². The number of rotatable bonds is 3. The number of thiophene rings is 1. The minimum absolute atomic E-state index is 0.271. The van der Waals surface area contributed by atoms with Crippen molar-refractivity contribution in [3.8, 4) is 5.75 Å². The van der Waals surface area contributed by atoms with Crippen LogP contribution in [0.1, 0.15) is 9.67 Å². The van der Waals surface area contributed by atoms with Gasteiger partial charge in [0.1, 0.15) is 15.5 Å². The van der Waals surface area contributed by atoms with E-state index in [0.29, 0.717) is 15.7 Å². The third-order valence-electron chi connectivity index (χ3n) is 3.58. The minimum Gasteiger partial charge on any atom is -0.497 e. The summed E-state index contributed by atoms with van der Waals surface area (Å²) >= 11 is 2.63. The number of nitrogens with one attached hydrogen (secondary N) is 1. The first-order valence-electron chi connectivity index (χ1n) is 7.03. The van der Waals surface area contributed by atoms with Crippen molar-refractivity contribution in [3.63, 3.8) is 0 Å². The number of pyridine rings is 1. The number of nitrogen functional groups attached to an aromatic ring is 1. The summed E-state index contributed by atoms with van der Waals surface area (Å²) < 4.78 is 5.24. The molecule has 0 saturated heterocycles. The predicted octanol–water partition coefficient (Wildman–Crippen LogP) is 3.75. The standard InChI is InChI=1S/C16H12N4O2S2/c1-22-9-2-3-11-8(6-9)7-10-12(17)13(24-15(10)19-11)14(21)20-16-18-4-5-23-16/h2-7H,17H2,1H3,(H,18,20,21). The SMILES string of the molecule is COc1ccc2nc3sc(C(=O)Nc4nccs4)c(N)c3cc2c1. The summed E-state index contributed by atoms with van der Waals surface area (Å²) in [7, 11) is 1.62. The number of anilines is 2. The van der Waals surface area contributed by atoms with Gasteiger partial charge in [0.25, 0.3) is 5.91 Å². The molecule has 120 valence electrons. The number of carbonyl (C=O) groups excluding carboxylic acids is 1. The van der Waals surface area contributed by atoms with E-state index in [-0.39, 0.29) is 5.91 Å². The minimum atomic E-state index is -0.271. The number of fused-ring (bicyclic) bond motifs is 2. The molecule has 3 aromatic heterocycles. The smallest absolute Gasteiger partial charge is 0.269 e. The van der Waals surface area contributed by atoms with Gasteiger partial charge in [-0.05, 0) is 24.3 Å². The van der Waals surface area contributed by atoms with Crippen LogP contribution in [0.2, 0.25) is 0 Å². The number of aromatic nitrogens is 2. The monoisotopic (exact) mass is 356 g/mol. The Labute approximate surface area is 144 Å². The van der Waals surface area contributed by atoms with Crippen LogP contribution < -0.4 is 15.8 Å². The molecule has 0 spiro atoms. The van der Waals surface area contributed by atoms with Crippen LogP contribution in [0.5, 0.6) is 5.75 Å². The molecular weight excluding hydrogens is 344 g/mol. The van der Waals surface area contributed by atoms with Gasteiger partial charge in [-0.2, -0.15) is 0 Å². The van der Waals surface area contributed by atoms with E-state index in [9.17, 15) is 4.79 Å². The van der Waals surface area contributed by atoms with Crippen molar-refractivity contribution < 1.29 is 9.53 Å². The largest absolute Gasteiger partial charge is 0.497 e. The number of carbonyl (C=O) groups is 1. The van der Waals surface area contributed by atoms with Gasteiger partial charge in [-0.15, -0.1) is 22.7 Å². The van der Waals surface area contributed by atoms with E-state index in [0.717, 1.165) is 26.9 Å². The second-order valence-electron chi connectivity index (χ2n) is 5.04. The van der Waals surface area contributed by atoms with Gasteiger partial charge < -0.3 is 10.5 Å². The van der Waals surface area contributed by atoms with Crippen molar-refractivity contribution in [1.29, 1.82) is 0 Å². The van der Waals surface area contributed by atoms with E-state index in [1.54, 1.807) is 18.7 Å². The number of amides is 1. The maximum atomic E-state index is 12.4. The molecule has 4 aromatic rings. The maximum Gasteiger partial charge on any atom is 0.269 e. The molecule has 0 bridgehead atoms. The molecule has 4 rings (SSSR count). The highest BCUT2D eigenvalue weighted by Crippen LogP contribution is 2.35. The number of thiazole rings is 1. The number of methoxy groups -OCH3 is 1. The van der Waals surface area contributed by atoms with Crippen LogP contribution in [-0.4, -0.2) is 23.0 Å². The number of nitrogens with zero attached hydrogens (tertiary/aromatic N) is 2. The van der Waals surface area contributed by atoms with E-state index >= 15 is 0 Å². The topological polar surface area (TPSA) is 90.1 Å². The quantitative estimate of drug-likeness (QED) is 0.583. The fourth-order valence-corrected chi connectivity index (χ4v) is 3.92. The molecule has 24 heavy (non-hydrogen) atoms. The summed E-state index contributed by atoms with van der Waals surface area (Å²) in [6.07, 6.45) is 1.64. The summed E-state index contributed by atoms with van der Waals surface area (Å²) in [5, 5.41) is 6.77. The van der Waals surface area contributed by atoms with Gasteiger partial charge in [0.2, 0.25) is 0 Å². The average Bonchev–Trinajstić information content (AvgIpc) is 3.21. The Kier molecular flexibility index (Phi) is 3.55. The molecule has 3 N–H and O–H groups in total. The lowest BCUT2D eigenvalue weighted by atomic mass is 10.1. The summed E-state index contributed by atoms with van der Waals surface area (Å²) in [6, 6.07) is 7.58. The molecule has 0 aliphatic carbocycles. The van der Waals surface area contributed by atoms with Gasteiger partial charge in [0, 0.05) is 22.3 Å². The zero-order valence-electron chi connectivity index (χ0n) is 12.6. The second kappa shape index (κ2) is 5.73. The zero-order valence-corrected chi connectivity index (χ0v) is 14.2. The molecule has 0 unspecified atom stereocenters. The Morgan fingerprint density at radius 3 is 2.96 bits per heavy atom. The lowest BCUT2D eigenvalue weighted by Gasteiger charge is -2.02. The lowest BCUT2D eigenvalue weighted by molar-refractivity contribution is 0.103. The van der Waals surface area contributed by atoms with Crippen molar-refractivity contribution in [2.75, 3.05) is 18.2 Å². The van der Waals surface area contributed by atoms with E-state index in [2.05, 4.69) is 15.3 Å². The van der Waals surface area contributed by atoms with Gasteiger partial charge in [-0.1, -0.05) is 0 Å². The Morgan fingerprint density at radius 2 is 2.21 bits per heavy atom. The van der Waals surface area contributed by atoms with Crippen LogP contribution in [-0.2, 0) is 0 Å². The van der Waals surface area contributed by atoms with Gasteiger partial charge in [0.05, 0.1) is 18.3 Å². The van der Waals surface area contributed by atoms with Crippen LogP contribution in [0.15, 0.2) is 35.8 Å². The zero-order chi connectivity index (χ0) is 16.7. The van der Waals surface area contributed by atoms with E-state index in [1.807, 2.05) is 24.3 Å². The average molecular weight is 356 g/mol. The fourth-order valence-electron chi connectivity index (χ4n) is 2.42. The van der Waals surface area contributed by atoms with Crippen LogP contribution in [0.4, 0.5) is 10.8 Å². The molecule has 1 amide bonds. The first kappa shape index (κ1) is 14.9. The Balaban J connectivity index is 1.81. The van der Waals surface area contributed by atoms with E-state index in [1.165, 1.54) is 22.7 Å². The molecule has 0 aliphatic heterocycles. The highest BCUT2D eigenvalue weighted by atomic mass is 32.1. The van der Waals surface area contributed by atoms with Gasteiger partial charge in [0.15, 0.2) is 5.13 Å². The molecule has 0 aliphatic rings. The van der Waals surface area contributed by atoms with Crippen LogP contribution in [0.25, 0.3) is 21.1 Å². The first-order chi connectivity index (χ1) is 11.7. The van der Waals surface area contributed by atoms with Gasteiger partial charge in [-0.3, -0.25) is 10.1 Å². The fraction of sp³-hybridized carbons (Fsp3) is 0.0625. The second-order valence-corrected chi connectivity index (χ2v) is 6.93. The molecule has 0 saturated carbocycles. The number of hydrogen-bond acceptors (Lipinski definition) is 7. The highest BCUT2D eigenvalue weighted by molar-refractivity contribution is 7.21. The first-order valence-corrected chi connectivity index (χ1v) is 8.73. The third kappa shape index (κ3) is 2.45. The van der Waals surface area contributed by atoms with Crippen molar-refractivity contribution in [1.82, 2.24) is 9.97 Å². The summed E-state index contributed by atoms with van der Waals surface area (Å²) in [6.45, 7) is 0. The van der Waals surface area contributed by atoms with E-state index in [4.69, 9.17) is 10.5 Å². The van der Waals surface area contributed by atoms with Gasteiger partial charge >= 0.3 is 0 Å². The molecule has 8 heteroatoms. The summed E-state index contributed by atoms with van der Waals surface area (Å²) in [5.74, 6) is 0.478. The van der Waals surface area contributed by atoms with Crippen molar-refractivity contribution in [3.05, 3.63) is 40.7 Å². The van der Waals surface area contributed by atoms with Gasteiger partial charge in [-0.25, -0.2) is 9.97 Å². The summed E-state index contributed by atoms with van der Waals surface area (Å²) in [4.78, 5) is 22.3. The van der Waals surface area contributed by atoms with Crippen LogP contribution in [0, 0.1) is 0 Å². The molecular formula is C16H12N4O2S2. The number of nitrogens with two attached hydrogens (primary N) is 1. The summed E-state index contributed by atoms with van der Waals surface area (Å²) in [5.41, 5.74) is 7.45. The predicted molar refractivity (Wildman–Crippen MR) is 98.2 cm³/mol. The van der Waals surface area contributed by atoms with Crippen molar-refractivity contribution >= 4 is 60.5 Å². The molecule has 0 fully saturated rings. The number of hydrogen-bond donors (Lipinski definition) is 2. The molecule has 1 aromatic carbocycles. The number of benzene rings is 1. The molecule has 0 atom stereocenters. The van der Waals surface area contributed by atoms with Crippen molar-refractivity contribution in [2.45, 2.75) is 0 Å². The molecule has 3 heterocycles. The Morgan fingerprint density at radius 1 is 1.33 bits per heavy atom. The Bertz CT molecular complexity index is 1060. The normalized spacial score (nSPS) is 11.0. The van der Waals surface area contributed by atoms with Crippen LogP contribution >= 0.6 is 22.7 Å².